The second-order valence-corrected chi connectivity index (χ2v) is 6.57. The van der Waals surface area contributed by atoms with Gasteiger partial charge in [-0.25, -0.2) is 4.98 Å². The molecule has 2 heterocycles. The average Bonchev–Trinajstić information content (AvgIpc) is 2.74. The first-order valence-electron chi connectivity index (χ1n) is 9.21. The number of carbonyl (C=O) groups is 1. The highest BCUT2D eigenvalue weighted by Crippen LogP contribution is 2.33. The van der Waals surface area contributed by atoms with Crippen molar-refractivity contribution in [2.24, 2.45) is 0 Å². The van der Waals surface area contributed by atoms with Crippen LogP contribution in [0.5, 0.6) is 17.2 Å². The minimum atomic E-state index is -0.304. The van der Waals surface area contributed by atoms with Gasteiger partial charge in [0.1, 0.15) is 24.7 Å². The first kappa shape index (κ1) is 18.6. The number of nitrogens with zero attached hydrogens (tertiary/aromatic N) is 1. The van der Waals surface area contributed by atoms with Crippen molar-refractivity contribution in [3.05, 3.63) is 66.0 Å². The Balaban J connectivity index is 1.45. The van der Waals surface area contributed by atoms with E-state index >= 15 is 0 Å². The Hall–Kier alpha value is -3.74. The summed E-state index contributed by atoms with van der Waals surface area (Å²) < 4.78 is 16.4. The molecule has 0 bridgehead atoms. The molecule has 7 heteroatoms. The standard InChI is InChI=1S/C22H21N3O4/c1-14-3-7-19(27-2)18(11-14)24-16-4-6-17(23-13-16)22(26)25-15-5-8-20-21(12-15)29-10-9-28-20/h3-8,11-13,24H,9-10H2,1-2H3,(H,25,26). The molecule has 0 radical (unpaired) electrons. The Labute approximate surface area is 168 Å². The molecule has 2 N–H and O–H groups in total. The molecule has 0 unspecified atom stereocenters. The van der Waals surface area contributed by atoms with E-state index < -0.39 is 0 Å². The van der Waals surface area contributed by atoms with Gasteiger partial charge < -0.3 is 24.8 Å². The van der Waals surface area contributed by atoms with E-state index in [2.05, 4.69) is 15.6 Å². The quantitative estimate of drug-likeness (QED) is 0.680. The Morgan fingerprint density at radius 1 is 1.00 bits per heavy atom. The molecule has 4 rings (SSSR count). The van der Waals surface area contributed by atoms with Gasteiger partial charge in [-0.2, -0.15) is 0 Å². The number of aromatic nitrogens is 1. The van der Waals surface area contributed by atoms with Crippen molar-refractivity contribution < 1.29 is 19.0 Å². The summed E-state index contributed by atoms with van der Waals surface area (Å²) in [5.74, 6) is 1.72. The van der Waals surface area contributed by atoms with Crippen LogP contribution < -0.4 is 24.8 Å². The number of aryl methyl sites for hydroxylation is 1. The summed E-state index contributed by atoms with van der Waals surface area (Å²) in [5, 5.41) is 6.09. The topological polar surface area (TPSA) is 81.7 Å². The van der Waals surface area contributed by atoms with Crippen LogP contribution in [0.25, 0.3) is 0 Å². The molecule has 29 heavy (non-hydrogen) atoms. The van der Waals surface area contributed by atoms with Gasteiger partial charge in [-0.1, -0.05) is 6.07 Å². The molecular weight excluding hydrogens is 370 g/mol. The highest BCUT2D eigenvalue weighted by atomic mass is 16.6. The maximum atomic E-state index is 12.5. The van der Waals surface area contributed by atoms with Crippen molar-refractivity contribution in [3.63, 3.8) is 0 Å². The molecule has 148 valence electrons. The molecule has 0 fully saturated rings. The molecule has 0 saturated heterocycles. The number of rotatable bonds is 5. The molecule has 1 aliphatic rings. The fraction of sp³-hybridized carbons (Fsp3) is 0.182. The minimum Gasteiger partial charge on any atom is -0.495 e. The Kier molecular flexibility index (Phi) is 5.20. The van der Waals surface area contributed by atoms with Gasteiger partial charge in [0.2, 0.25) is 0 Å². The molecular formula is C22H21N3O4. The lowest BCUT2D eigenvalue weighted by Gasteiger charge is -2.19. The second kappa shape index (κ2) is 8.10. The number of benzene rings is 2. The van der Waals surface area contributed by atoms with E-state index in [4.69, 9.17) is 14.2 Å². The number of methoxy groups -OCH3 is 1. The summed E-state index contributed by atoms with van der Waals surface area (Å²) in [4.78, 5) is 16.8. The van der Waals surface area contributed by atoms with E-state index in [0.717, 1.165) is 22.7 Å². The Morgan fingerprint density at radius 2 is 1.79 bits per heavy atom. The van der Waals surface area contributed by atoms with Crippen molar-refractivity contribution >= 4 is 23.0 Å². The molecule has 0 saturated carbocycles. The zero-order valence-electron chi connectivity index (χ0n) is 16.2. The van der Waals surface area contributed by atoms with Crippen LogP contribution in [-0.2, 0) is 0 Å². The van der Waals surface area contributed by atoms with Gasteiger partial charge in [0.05, 0.1) is 24.7 Å². The largest absolute Gasteiger partial charge is 0.495 e. The van der Waals surface area contributed by atoms with Crippen molar-refractivity contribution in [3.8, 4) is 17.2 Å². The van der Waals surface area contributed by atoms with Gasteiger partial charge in [-0.15, -0.1) is 0 Å². The highest BCUT2D eigenvalue weighted by Gasteiger charge is 2.14. The van der Waals surface area contributed by atoms with Crippen LogP contribution in [0.4, 0.5) is 17.1 Å². The number of hydrogen-bond donors (Lipinski definition) is 2. The third kappa shape index (κ3) is 4.24. The summed E-state index contributed by atoms with van der Waals surface area (Å²) in [7, 11) is 1.62. The molecule has 0 atom stereocenters. The van der Waals surface area contributed by atoms with Gasteiger partial charge in [0, 0.05) is 11.8 Å². The zero-order chi connectivity index (χ0) is 20.2. The van der Waals surface area contributed by atoms with E-state index in [1.165, 1.54) is 0 Å². The molecule has 0 spiro atoms. The molecule has 1 aromatic heterocycles. The number of nitrogens with one attached hydrogen (secondary N) is 2. The van der Waals surface area contributed by atoms with Gasteiger partial charge >= 0.3 is 0 Å². The summed E-state index contributed by atoms with van der Waals surface area (Å²) in [6, 6.07) is 14.6. The summed E-state index contributed by atoms with van der Waals surface area (Å²) in [6.45, 7) is 3.03. The Morgan fingerprint density at radius 3 is 2.55 bits per heavy atom. The van der Waals surface area contributed by atoms with Crippen molar-refractivity contribution in [1.82, 2.24) is 4.98 Å². The maximum Gasteiger partial charge on any atom is 0.274 e. The van der Waals surface area contributed by atoms with E-state index in [1.54, 1.807) is 43.6 Å². The number of fused-ring (bicyclic) bond motifs is 1. The highest BCUT2D eigenvalue weighted by molar-refractivity contribution is 6.03. The predicted octanol–water partition coefficient (Wildman–Crippen LogP) is 4.17. The third-order valence-corrected chi connectivity index (χ3v) is 4.43. The molecule has 3 aromatic rings. The fourth-order valence-corrected chi connectivity index (χ4v) is 2.99. The van der Waals surface area contributed by atoms with Crippen molar-refractivity contribution in [2.45, 2.75) is 6.92 Å². The van der Waals surface area contributed by atoms with Crippen LogP contribution in [0.15, 0.2) is 54.7 Å². The minimum absolute atomic E-state index is 0.304. The summed E-state index contributed by atoms with van der Waals surface area (Å²) in [5.41, 5.74) is 3.62. The van der Waals surface area contributed by atoms with Crippen LogP contribution >= 0.6 is 0 Å². The van der Waals surface area contributed by atoms with E-state index in [-0.39, 0.29) is 5.91 Å². The van der Waals surface area contributed by atoms with Gasteiger partial charge in [-0.05, 0) is 48.9 Å². The summed E-state index contributed by atoms with van der Waals surface area (Å²) in [6.07, 6.45) is 1.61. The van der Waals surface area contributed by atoms with Crippen molar-refractivity contribution in [2.75, 3.05) is 31.0 Å². The first-order valence-corrected chi connectivity index (χ1v) is 9.21. The van der Waals surface area contributed by atoms with Crippen LogP contribution in [0.3, 0.4) is 0 Å². The van der Waals surface area contributed by atoms with E-state index in [1.807, 2.05) is 25.1 Å². The number of amides is 1. The number of ether oxygens (including phenoxy) is 3. The number of pyridine rings is 1. The predicted molar refractivity (Wildman–Crippen MR) is 111 cm³/mol. The molecule has 1 amide bonds. The lowest BCUT2D eigenvalue weighted by Crippen LogP contribution is -2.17. The van der Waals surface area contributed by atoms with Crippen LogP contribution in [0, 0.1) is 6.92 Å². The molecule has 0 aliphatic carbocycles. The summed E-state index contributed by atoms with van der Waals surface area (Å²) >= 11 is 0. The second-order valence-electron chi connectivity index (χ2n) is 6.57. The lowest BCUT2D eigenvalue weighted by molar-refractivity contribution is 0.102. The van der Waals surface area contributed by atoms with E-state index in [0.29, 0.717) is 36.1 Å². The van der Waals surface area contributed by atoms with Crippen LogP contribution in [-0.4, -0.2) is 31.2 Å². The SMILES string of the molecule is COc1ccc(C)cc1Nc1ccc(C(=O)Nc2ccc3c(c2)OCCO3)nc1. The number of carbonyl (C=O) groups excluding carboxylic acids is 1. The third-order valence-electron chi connectivity index (χ3n) is 4.43. The maximum absolute atomic E-state index is 12.5. The molecule has 1 aliphatic heterocycles. The molecule has 2 aromatic carbocycles. The van der Waals surface area contributed by atoms with Crippen LogP contribution in [0.2, 0.25) is 0 Å². The fourth-order valence-electron chi connectivity index (χ4n) is 2.99. The number of anilines is 3. The van der Waals surface area contributed by atoms with Gasteiger partial charge in [0.25, 0.3) is 5.91 Å². The number of hydrogen-bond acceptors (Lipinski definition) is 6. The van der Waals surface area contributed by atoms with Gasteiger partial charge in [0.15, 0.2) is 11.5 Å². The normalized spacial score (nSPS) is 12.2. The Bertz CT molecular complexity index is 1030. The zero-order valence-corrected chi connectivity index (χ0v) is 16.2. The smallest absolute Gasteiger partial charge is 0.274 e. The van der Waals surface area contributed by atoms with E-state index in [9.17, 15) is 4.79 Å². The van der Waals surface area contributed by atoms with Crippen LogP contribution in [0.1, 0.15) is 16.1 Å². The first-order chi connectivity index (χ1) is 14.1. The van der Waals surface area contributed by atoms with Gasteiger partial charge in [-0.3, -0.25) is 4.79 Å². The monoisotopic (exact) mass is 391 g/mol. The average molecular weight is 391 g/mol. The lowest BCUT2D eigenvalue weighted by atomic mass is 10.2. The van der Waals surface area contributed by atoms with Crippen molar-refractivity contribution in [1.29, 1.82) is 0 Å². The molecule has 7 nitrogen and oxygen atoms in total.